The molecule has 1 aliphatic heterocycles. The summed E-state index contributed by atoms with van der Waals surface area (Å²) in [6.07, 6.45) is 4.27. The number of aromatic nitrogens is 4. The van der Waals surface area contributed by atoms with Gasteiger partial charge in [0, 0.05) is 43.5 Å². The van der Waals surface area contributed by atoms with Crippen LogP contribution in [0.1, 0.15) is 25.8 Å². The quantitative estimate of drug-likeness (QED) is 0.264. The second-order valence-electron chi connectivity index (χ2n) is 9.55. The molecule has 4 aromatic rings. The standard InChI is InChI=1S/C27H26F3N7O4/c1-18(39)34-8-6-22(7-9-34)36-15-21(13-33-36)19-5-10-35-24(14-31-25(35)12-19)20-3-2-4-23(11-20)37(41-17-38)26(40)32-16-27(28,29)30/h2-5,10-15,17,22H,6-9,16H2,1H3,(H,32,40). The number of fused-ring (bicyclic) bond motifs is 1. The van der Waals surface area contributed by atoms with Gasteiger partial charge in [-0.2, -0.15) is 18.3 Å². The molecule has 1 saturated heterocycles. The van der Waals surface area contributed by atoms with E-state index in [0.29, 0.717) is 35.1 Å². The Labute approximate surface area is 232 Å². The number of urea groups is 1. The number of piperidine rings is 1. The fourth-order valence-electron chi connectivity index (χ4n) is 4.81. The molecule has 14 heteroatoms. The molecule has 0 bridgehead atoms. The molecule has 1 N–H and O–H groups in total. The summed E-state index contributed by atoms with van der Waals surface area (Å²) >= 11 is 0. The van der Waals surface area contributed by atoms with Crippen molar-refractivity contribution in [3.8, 4) is 22.4 Å². The Hall–Kier alpha value is -4.88. The maximum atomic E-state index is 12.6. The number of nitrogens with zero attached hydrogens (tertiary/aromatic N) is 6. The predicted molar refractivity (Wildman–Crippen MR) is 141 cm³/mol. The lowest BCUT2D eigenvalue weighted by Crippen LogP contribution is -2.43. The van der Waals surface area contributed by atoms with Crippen molar-refractivity contribution < 1.29 is 32.4 Å². The number of hydrogen-bond acceptors (Lipinski definition) is 6. The fourth-order valence-corrected chi connectivity index (χ4v) is 4.81. The number of pyridine rings is 1. The van der Waals surface area contributed by atoms with Gasteiger partial charge in [-0.05, 0) is 42.7 Å². The molecule has 3 aromatic heterocycles. The molecule has 4 heterocycles. The molecular formula is C27H26F3N7O4. The van der Waals surface area contributed by atoms with Crippen LogP contribution in [0.25, 0.3) is 28.0 Å². The van der Waals surface area contributed by atoms with E-state index in [-0.39, 0.29) is 24.1 Å². The Balaban J connectivity index is 1.35. The minimum atomic E-state index is -4.63. The van der Waals surface area contributed by atoms with E-state index < -0.39 is 18.8 Å². The summed E-state index contributed by atoms with van der Waals surface area (Å²) in [5.41, 5.74) is 3.72. The SMILES string of the molecule is CC(=O)N1CCC(n2cc(-c3ccn4c(-c5cccc(N(OC=O)C(=O)NCC(F)(F)F)c5)cnc4c3)cn2)CC1. The van der Waals surface area contributed by atoms with Crippen LogP contribution in [0.2, 0.25) is 0 Å². The zero-order chi connectivity index (χ0) is 29.1. The highest BCUT2D eigenvalue weighted by atomic mass is 19.4. The lowest BCUT2D eigenvalue weighted by atomic mass is 10.1. The van der Waals surface area contributed by atoms with Gasteiger partial charge in [0.25, 0.3) is 0 Å². The second-order valence-corrected chi connectivity index (χ2v) is 9.55. The third-order valence-electron chi connectivity index (χ3n) is 6.88. The van der Waals surface area contributed by atoms with Crippen molar-refractivity contribution in [3.63, 3.8) is 0 Å². The first kappa shape index (κ1) is 27.7. The van der Waals surface area contributed by atoms with Crippen molar-refractivity contribution in [2.45, 2.75) is 32.0 Å². The zero-order valence-corrected chi connectivity index (χ0v) is 21.9. The molecule has 11 nitrogen and oxygen atoms in total. The van der Waals surface area contributed by atoms with Gasteiger partial charge in [0.05, 0.1) is 29.8 Å². The predicted octanol–water partition coefficient (Wildman–Crippen LogP) is 4.21. The molecule has 0 atom stereocenters. The first-order valence-electron chi connectivity index (χ1n) is 12.8. The van der Waals surface area contributed by atoms with Crippen molar-refractivity contribution in [1.82, 2.24) is 29.4 Å². The van der Waals surface area contributed by atoms with Gasteiger partial charge in [0.15, 0.2) is 0 Å². The zero-order valence-electron chi connectivity index (χ0n) is 21.9. The Morgan fingerprint density at radius 2 is 1.90 bits per heavy atom. The highest BCUT2D eigenvalue weighted by molar-refractivity contribution is 5.91. The number of carbonyl (C=O) groups is 3. The van der Waals surface area contributed by atoms with Crippen LogP contribution in [-0.2, 0) is 14.4 Å². The number of hydrogen-bond donors (Lipinski definition) is 1. The van der Waals surface area contributed by atoms with E-state index in [0.717, 1.165) is 24.0 Å². The van der Waals surface area contributed by atoms with Gasteiger partial charge in [0.1, 0.15) is 12.2 Å². The molecule has 1 aliphatic rings. The van der Waals surface area contributed by atoms with Crippen LogP contribution in [0.4, 0.5) is 23.7 Å². The van der Waals surface area contributed by atoms with E-state index in [2.05, 4.69) is 14.9 Å². The average molecular weight is 570 g/mol. The number of benzene rings is 1. The van der Waals surface area contributed by atoms with Gasteiger partial charge in [-0.1, -0.05) is 12.1 Å². The highest BCUT2D eigenvalue weighted by Crippen LogP contribution is 2.29. The van der Waals surface area contributed by atoms with Gasteiger partial charge in [-0.3, -0.25) is 18.7 Å². The minimum Gasteiger partial charge on any atom is -0.343 e. The number of anilines is 1. The molecule has 1 fully saturated rings. The maximum Gasteiger partial charge on any atom is 0.405 e. The second kappa shape index (κ2) is 11.3. The molecule has 0 saturated carbocycles. The number of alkyl halides is 3. The number of imidazole rings is 1. The number of carbonyl (C=O) groups excluding carboxylic acids is 3. The average Bonchev–Trinajstić information content (AvgIpc) is 3.62. The summed E-state index contributed by atoms with van der Waals surface area (Å²) in [6.45, 7) is 1.36. The smallest absolute Gasteiger partial charge is 0.343 e. The summed E-state index contributed by atoms with van der Waals surface area (Å²) in [5, 5.41) is 6.68. The molecule has 214 valence electrons. The number of halogens is 3. The van der Waals surface area contributed by atoms with Crippen LogP contribution in [0.15, 0.2) is 61.2 Å². The van der Waals surface area contributed by atoms with Crippen LogP contribution in [0, 0.1) is 0 Å². The maximum absolute atomic E-state index is 12.6. The number of nitrogens with one attached hydrogen (secondary N) is 1. The van der Waals surface area contributed by atoms with Crippen molar-refractivity contribution in [3.05, 3.63) is 61.2 Å². The van der Waals surface area contributed by atoms with Crippen LogP contribution in [0.5, 0.6) is 0 Å². The molecule has 5 rings (SSSR count). The minimum absolute atomic E-state index is 0.0439. The van der Waals surface area contributed by atoms with Crippen molar-refractivity contribution in [1.29, 1.82) is 0 Å². The highest BCUT2D eigenvalue weighted by Gasteiger charge is 2.30. The Kier molecular flexibility index (Phi) is 7.64. The third-order valence-corrected chi connectivity index (χ3v) is 6.88. The summed E-state index contributed by atoms with van der Waals surface area (Å²) in [5.74, 6) is 0.0850. The van der Waals surface area contributed by atoms with Gasteiger partial charge in [0.2, 0.25) is 5.91 Å². The van der Waals surface area contributed by atoms with Crippen LogP contribution >= 0.6 is 0 Å². The number of rotatable bonds is 7. The molecular weight excluding hydrogens is 543 g/mol. The molecule has 0 aliphatic carbocycles. The molecule has 41 heavy (non-hydrogen) atoms. The van der Waals surface area contributed by atoms with Crippen LogP contribution < -0.4 is 10.4 Å². The lowest BCUT2D eigenvalue weighted by Gasteiger charge is -2.31. The molecule has 3 amide bonds. The van der Waals surface area contributed by atoms with E-state index in [1.807, 2.05) is 38.5 Å². The van der Waals surface area contributed by atoms with E-state index in [9.17, 15) is 27.6 Å². The first-order chi connectivity index (χ1) is 19.6. The lowest BCUT2D eigenvalue weighted by molar-refractivity contribution is -0.130. The summed E-state index contributed by atoms with van der Waals surface area (Å²) in [4.78, 5) is 45.9. The summed E-state index contributed by atoms with van der Waals surface area (Å²) in [7, 11) is 0. The summed E-state index contributed by atoms with van der Waals surface area (Å²) in [6, 6.07) is 9.00. The Morgan fingerprint density at radius 3 is 2.61 bits per heavy atom. The molecule has 0 spiro atoms. The van der Waals surface area contributed by atoms with Gasteiger partial charge in [-0.25, -0.2) is 9.78 Å². The van der Waals surface area contributed by atoms with E-state index in [4.69, 9.17) is 0 Å². The molecule has 1 aromatic carbocycles. The number of amides is 3. The van der Waals surface area contributed by atoms with E-state index >= 15 is 0 Å². The Morgan fingerprint density at radius 1 is 1.12 bits per heavy atom. The van der Waals surface area contributed by atoms with Gasteiger partial charge >= 0.3 is 18.7 Å². The monoisotopic (exact) mass is 569 g/mol. The number of hydroxylamine groups is 1. The first-order valence-corrected chi connectivity index (χ1v) is 12.8. The Bertz CT molecular complexity index is 1570. The van der Waals surface area contributed by atoms with Crippen molar-refractivity contribution >= 4 is 29.7 Å². The van der Waals surface area contributed by atoms with Gasteiger partial charge in [-0.15, -0.1) is 5.06 Å². The normalized spacial score (nSPS) is 14.2. The molecule has 0 unspecified atom stereocenters. The fraction of sp³-hybridized carbons (Fsp3) is 0.296. The third kappa shape index (κ3) is 6.15. The van der Waals surface area contributed by atoms with Crippen molar-refractivity contribution in [2.24, 2.45) is 0 Å². The number of likely N-dealkylation sites (tertiary alicyclic amines) is 1. The van der Waals surface area contributed by atoms with E-state index in [1.165, 1.54) is 12.1 Å². The van der Waals surface area contributed by atoms with Crippen LogP contribution in [0.3, 0.4) is 0 Å². The van der Waals surface area contributed by atoms with Gasteiger partial charge < -0.3 is 15.1 Å². The van der Waals surface area contributed by atoms with Crippen molar-refractivity contribution in [2.75, 3.05) is 24.7 Å². The topological polar surface area (TPSA) is 114 Å². The summed E-state index contributed by atoms with van der Waals surface area (Å²) < 4.78 is 41.4. The van der Waals surface area contributed by atoms with E-state index in [1.54, 1.807) is 36.8 Å². The molecule has 0 radical (unpaired) electrons. The van der Waals surface area contributed by atoms with Crippen LogP contribution in [-0.4, -0.2) is 68.3 Å². The largest absolute Gasteiger partial charge is 0.405 e.